The summed E-state index contributed by atoms with van der Waals surface area (Å²) >= 11 is 0. The third-order valence-corrected chi connectivity index (χ3v) is 2.50. The van der Waals surface area contributed by atoms with E-state index in [1.807, 2.05) is 18.2 Å². The number of hydrogen-bond donors (Lipinski definition) is 0. The molecule has 5 heteroatoms. The number of carbonyl (C=O) groups is 1. The van der Waals surface area contributed by atoms with E-state index in [9.17, 15) is 4.79 Å². The molecule has 0 unspecified atom stereocenters. The molecule has 0 saturated heterocycles. The van der Waals surface area contributed by atoms with Gasteiger partial charge in [0.1, 0.15) is 5.41 Å². The maximum absolute atomic E-state index is 11.6. The normalized spacial score (nSPS) is 11.7. The van der Waals surface area contributed by atoms with Crippen molar-refractivity contribution in [2.24, 2.45) is 0 Å². The molecule has 0 atom stereocenters. The average molecular weight is 219 g/mol. The number of carbonyl (C=O) groups excluding carboxylic acids is 1. The van der Waals surface area contributed by atoms with E-state index in [1.54, 1.807) is 24.6 Å². The lowest BCUT2D eigenvalue weighted by Gasteiger charge is -2.16. The highest BCUT2D eigenvalue weighted by molar-refractivity contribution is 5.81. The van der Waals surface area contributed by atoms with Gasteiger partial charge in [-0.25, -0.2) is 9.50 Å². The van der Waals surface area contributed by atoms with Crippen LogP contribution < -0.4 is 0 Å². The predicted octanol–water partition coefficient (Wildman–Crippen LogP) is 1.18. The van der Waals surface area contributed by atoms with E-state index in [4.69, 9.17) is 4.74 Å². The highest BCUT2D eigenvalue weighted by Crippen LogP contribution is 2.21. The van der Waals surface area contributed by atoms with Crippen molar-refractivity contribution in [2.75, 3.05) is 7.11 Å². The van der Waals surface area contributed by atoms with Crippen LogP contribution in [0.2, 0.25) is 0 Å². The predicted molar refractivity (Wildman–Crippen MR) is 58.0 cm³/mol. The number of nitrogens with zero attached hydrogens (tertiary/aromatic N) is 3. The third-order valence-electron chi connectivity index (χ3n) is 2.50. The van der Waals surface area contributed by atoms with Gasteiger partial charge < -0.3 is 4.74 Å². The first kappa shape index (κ1) is 10.6. The first-order chi connectivity index (χ1) is 7.55. The van der Waals surface area contributed by atoms with E-state index in [0.717, 1.165) is 5.65 Å². The molecule has 2 heterocycles. The van der Waals surface area contributed by atoms with Crippen molar-refractivity contribution >= 4 is 11.6 Å². The molecule has 16 heavy (non-hydrogen) atoms. The molecule has 0 N–H and O–H groups in total. The number of pyridine rings is 1. The van der Waals surface area contributed by atoms with Crippen molar-refractivity contribution in [1.82, 2.24) is 14.6 Å². The molecule has 0 aromatic carbocycles. The van der Waals surface area contributed by atoms with Crippen LogP contribution in [-0.4, -0.2) is 27.7 Å². The Morgan fingerprint density at radius 3 is 2.81 bits per heavy atom. The van der Waals surface area contributed by atoms with Crippen LogP contribution in [0.4, 0.5) is 0 Å². The Hall–Kier alpha value is -1.91. The van der Waals surface area contributed by atoms with Gasteiger partial charge in [-0.15, -0.1) is 0 Å². The minimum Gasteiger partial charge on any atom is -0.468 e. The van der Waals surface area contributed by atoms with Crippen LogP contribution in [-0.2, 0) is 14.9 Å². The first-order valence-corrected chi connectivity index (χ1v) is 4.96. The Bertz CT molecular complexity index is 498. The Kier molecular flexibility index (Phi) is 2.38. The van der Waals surface area contributed by atoms with Crippen molar-refractivity contribution < 1.29 is 9.53 Å². The Labute approximate surface area is 93.1 Å². The Morgan fingerprint density at radius 2 is 2.19 bits per heavy atom. The van der Waals surface area contributed by atoms with Gasteiger partial charge in [0.15, 0.2) is 11.5 Å². The van der Waals surface area contributed by atoms with Crippen LogP contribution in [0.1, 0.15) is 19.7 Å². The summed E-state index contributed by atoms with van der Waals surface area (Å²) in [5, 5.41) is 4.26. The number of rotatable bonds is 2. The van der Waals surface area contributed by atoms with Gasteiger partial charge in [-0.05, 0) is 26.0 Å². The van der Waals surface area contributed by atoms with Gasteiger partial charge in [0.25, 0.3) is 0 Å². The average Bonchev–Trinajstić information content (AvgIpc) is 2.72. The highest BCUT2D eigenvalue weighted by Gasteiger charge is 2.35. The fourth-order valence-electron chi connectivity index (χ4n) is 1.44. The fraction of sp³-hybridized carbons (Fsp3) is 0.364. The number of esters is 1. The molecule has 2 aromatic heterocycles. The van der Waals surface area contributed by atoms with Crippen LogP contribution in [0.3, 0.4) is 0 Å². The van der Waals surface area contributed by atoms with Gasteiger partial charge >= 0.3 is 5.97 Å². The molecule has 2 aromatic rings. The standard InChI is InChI=1S/C11H13N3O2/c1-11(2,10(15)16-3)9-12-8-6-4-5-7-14(8)13-9/h4-7H,1-3H3. The quantitative estimate of drug-likeness (QED) is 0.712. The summed E-state index contributed by atoms with van der Waals surface area (Å²) < 4.78 is 6.38. The first-order valence-electron chi connectivity index (χ1n) is 4.96. The van der Waals surface area contributed by atoms with Crippen LogP contribution >= 0.6 is 0 Å². The van der Waals surface area contributed by atoms with Crippen LogP contribution in [0.15, 0.2) is 24.4 Å². The van der Waals surface area contributed by atoms with Crippen molar-refractivity contribution in [2.45, 2.75) is 19.3 Å². The van der Waals surface area contributed by atoms with Crippen molar-refractivity contribution in [3.8, 4) is 0 Å². The van der Waals surface area contributed by atoms with Crippen LogP contribution in [0, 0.1) is 0 Å². The number of aromatic nitrogens is 3. The van der Waals surface area contributed by atoms with Gasteiger partial charge in [0.2, 0.25) is 0 Å². The molecular weight excluding hydrogens is 206 g/mol. The maximum atomic E-state index is 11.6. The molecule has 0 radical (unpaired) electrons. The van der Waals surface area contributed by atoms with Gasteiger partial charge in [0, 0.05) is 6.20 Å². The van der Waals surface area contributed by atoms with Crippen molar-refractivity contribution in [3.63, 3.8) is 0 Å². The molecular formula is C11H13N3O2. The Morgan fingerprint density at radius 1 is 1.44 bits per heavy atom. The number of ether oxygens (including phenoxy) is 1. The minimum atomic E-state index is -0.833. The smallest absolute Gasteiger partial charge is 0.319 e. The lowest BCUT2D eigenvalue weighted by Crippen LogP contribution is -2.31. The van der Waals surface area contributed by atoms with E-state index in [1.165, 1.54) is 7.11 Å². The van der Waals surface area contributed by atoms with E-state index >= 15 is 0 Å². The zero-order chi connectivity index (χ0) is 11.8. The largest absolute Gasteiger partial charge is 0.468 e. The molecule has 2 rings (SSSR count). The molecule has 0 amide bonds. The molecule has 0 saturated carbocycles. The summed E-state index contributed by atoms with van der Waals surface area (Å²) in [6, 6.07) is 5.57. The van der Waals surface area contributed by atoms with Gasteiger partial charge in [0.05, 0.1) is 7.11 Å². The molecule has 0 aliphatic rings. The summed E-state index contributed by atoms with van der Waals surface area (Å²) in [5.74, 6) is 0.119. The summed E-state index contributed by atoms with van der Waals surface area (Å²) in [5.41, 5.74) is -0.115. The second kappa shape index (κ2) is 3.59. The summed E-state index contributed by atoms with van der Waals surface area (Å²) in [7, 11) is 1.36. The van der Waals surface area contributed by atoms with Gasteiger partial charge in [-0.3, -0.25) is 4.79 Å². The second-order valence-electron chi connectivity index (χ2n) is 4.06. The highest BCUT2D eigenvalue weighted by atomic mass is 16.5. The van der Waals surface area contributed by atoms with Crippen LogP contribution in [0.25, 0.3) is 5.65 Å². The van der Waals surface area contributed by atoms with Gasteiger partial charge in [-0.1, -0.05) is 6.07 Å². The summed E-state index contributed by atoms with van der Waals surface area (Å²) in [6.45, 7) is 3.49. The molecule has 0 aliphatic carbocycles. The molecule has 5 nitrogen and oxygen atoms in total. The lowest BCUT2D eigenvalue weighted by molar-refractivity contribution is -0.146. The molecule has 0 spiro atoms. The fourth-order valence-corrected chi connectivity index (χ4v) is 1.44. The Balaban J connectivity index is 2.51. The van der Waals surface area contributed by atoms with E-state index < -0.39 is 5.41 Å². The number of hydrogen-bond acceptors (Lipinski definition) is 4. The monoisotopic (exact) mass is 219 g/mol. The van der Waals surface area contributed by atoms with E-state index in [0.29, 0.717) is 5.82 Å². The van der Waals surface area contributed by atoms with Crippen molar-refractivity contribution in [3.05, 3.63) is 30.2 Å². The zero-order valence-corrected chi connectivity index (χ0v) is 9.47. The van der Waals surface area contributed by atoms with Crippen LogP contribution in [0.5, 0.6) is 0 Å². The molecule has 0 aliphatic heterocycles. The molecule has 0 bridgehead atoms. The maximum Gasteiger partial charge on any atom is 0.319 e. The van der Waals surface area contributed by atoms with E-state index in [2.05, 4.69) is 10.1 Å². The second-order valence-corrected chi connectivity index (χ2v) is 4.06. The third kappa shape index (κ3) is 1.54. The minimum absolute atomic E-state index is 0.344. The SMILES string of the molecule is COC(=O)C(C)(C)c1nc2ccccn2n1. The zero-order valence-electron chi connectivity index (χ0n) is 9.47. The summed E-state index contributed by atoms with van der Waals surface area (Å²) in [6.07, 6.45) is 1.79. The van der Waals surface area contributed by atoms with E-state index in [-0.39, 0.29) is 5.97 Å². The molecule has 84 valence electrons. The molecule has 0 fully saturated rings. The number of fused-ring (bicyclic) bond motifs is 1. The van der Waals surface area contributed by atoms with Gasteiger partial charge in [-0.2, -0.15) is 5.10 Å². The summed E-state index contributed by atoms with van der Waals surface area (Å²) in [4.78, 5) is 15.9. The number of methoxy groups -OCH3 is 1. The van der Waals surface area contributed by atoms with Crippen molar-refractivity contribution in [1.29, 1.82) is 0 Å². The lowest BCUT2D eigenvalue weighted by atomic mass is 9.93. The topological polar surface area (TPSA) is 56.5 Å².